The third-order valence-electron chi connectivity index (χ3n) is 4.10. The van der Waals surface area contributed by atoms with Gasteiger partial charge in [0.05, 0.1) is 22.2 Å². The number of hydrogen-bond acceptors (Lipinski definition) is 3. The summed E-state index contributed by atoms with van der Waals surface area (Å²) in [4.78, 5) is 2.89. The number of aromatic nitrogens is 3. The number of rotatable bonds is 2. The first-order valence-electron chi connectivity index (χ1n) is 7.83. The number of nitrogen functional groups attached to an aromatic ring is 1. The molecule has 2 N–H and O–H groups in total. The highest BCUT2D eigenvalue weighted by Crippen LogP contribution is 2.46. The largest absolute Gasteiger partial charge is 0.459 e. The van der Waals surface area contributed by atoms with E-state index in [4.69, 9.17) is 5.73 Å². The topological polar surface area (TPSA) is 56.7 Å². The van der Waals surface area contributed by atoms with Crippen LogP contribution in [0.2, 0.25) is 0 Å². The Balaban J connectivity index is 2.28. The molecule has 0 saturated carbocycles. The molecule has 1 aromatic carbocycles. The van der Waals surface area contributed by atoms with Crippen molar-refractivity contribution in [2.75, 3.05) is 5.73 Å². The van der Waals surface area contributed by atoms with Gasteiger partial charge in [0.1, 0.15) is 11.5 Å². The second-order valence-electron chi connectivity index (χ2n) is 6.17. The molecular weight excluding hydrogens is 457 g/mol. The highest BCUT2D eigenvalue weighted by molar-refractivity contribution is 5.91. The number of hydrogen-bond donors (Lipinski definition) is 1. The van der Waals surface area contributed by atoms with Crippen LogP contribution in [-0.4, -0.2) is 20.9 Å². The number of nitrogens with zero attached hydrogens (tertiary/aromatic N) is 3. The van der Waals surface area contributed by atoms with Gasteiger partial charge >= 0.3 is 24.5 Å². The van der Waals surface area contributed by atoms with E-state index in [2.05, 4.69) is 10.1 Å². The number of anilines is 1. The molecule has 4 nitrogen and oxygen atoms in total. The number of alkyl halides is 11. The smallest absolute Gasteiger partial charge is 0.383 e. The molecule has 2 heterocycles. The Hall–Kier alpha value is -3.13. The highest BCUT2D eigenvalue weighted by Gasteiger charge is 2.60. The molecule has 0 saturated heterocycles. The van der Waals surface area contributed by atoms with E-state index in [0.29, 0.717) is 16.8 Å². The van der Waals surface area contributed by atoms with Crippen molar-refractivity contribution in [1.29, 1.82) is 0 Å². The lowest BCUT2D eigenvalue weighted by molar-refractivity contribution is -0.291. The van der Waals surface area contributed by atoms with Crippen LogP contribution in [0, 0.1) is 0 Å². The molecule has 0 aliphatic heterocycles. The summed E-state index contributed by atoms with van der Waals surface area (Å²) >= 11 is 0. The summed E-state index contributed by atoms with van der Waals surface area (Å²) in [5, 5.41) is 2.31. The molecule has 0 aliphatic carbocycles. The molecule has 3 aromatic rings. The summed E-state index contributed by atoms with van der Waals surface area (Å²) in [6.07, 6.45) is -16.4. The zero-order valence-corrected chi connectivity index (χ0v) is 14.5. The van der Waals surface area contributed by atoms with E-state index in [0.717, 1.165) is 12.1 Å². The van der Waals surface area contributed by atoms with Crippen molar-refractivity contribution in [3.63, 3.8) is 0 Å². The summed E-state index contributed by atoms with van der Waals surface area (Å²) in [5.41, 5.74) is -1.31. The van der Waals surface area contributed by atoms with E-state index in [1.807, 2.05) is 0 Å². The predicted octanol–water partition coefficient (Wildman–Crippen LogP) is 5.69. The molecule has 0 aliphatic rings. The summed E-state index contributed by atoms with van der Waals surface area (Å²) in [5.74, 6) is -6.62. The molecule has 31 heavy (non-hydrogen) atoms. The quantitative estimate of drug-likeness (QED) is 0.496. The van der Waals surface area contributed by atoms with Crippen LogP contribution < -0.4 is 5.73 Å². The number of nitrogens with two attached hydrogens (primary N) is 1. The van der Waals surface area contributed by atoms with Crippen LogP contribution in [0.25, 0.3) is 16.7 Å². The van der Waals surface area contributed by atoms with Crippen molar-refractivity contribution in [3.8, 4) is 5.69 Å². The first-order valence-corrected chi connectivity index (χ1v) is 7.83. The minimum absolute atomic E-state index is 0.319. The third-order valence-corrected chi connectivity index (χ3v) is 4.10. The van der Waals surface area contributed by atoms with Gasteiger partial charge in [-0.1, -0.05) is 0 Å². The maximum Gasteiger partial charge on any atom is 0.459 e. The Morgan fingerprint density at radius 2 is 1.32 bits per heavy atom. The van der Waals surface area contributed by atoms with Gasteiger partial charge in [-0.25, -0.2) is 9.67 Å². The van der Waals surface area contributed by atoms with Crippen molar-refractivity contribution in [3.05, 3.63) is 47.2 Å². The van der Waals surface area contributed by atoms with Gasteiger partial charge in [0.15, 0.2) is 5.65 Å². The standard InChI is InChI=1S/C16H7F11N4/c17-13(18,16(25,26)27)9-5-8(15(22,23)24)10-11(28)31(30-12(10)29-9)7-3-1-6(2-4-7)14(19,20)21/h1-5H,28H2. The molecular formula is C16H7F11N4. The Morgan fingerprint density at radius 1 is 0.774 bits per heavy atom. The Kier molecular flexibility index (Phi) is 4.86. The molecule has 0 spiro atoms. The van der Waals surface area contributed by atoms with E-state index in [-0.39, 0.29) is 5.69 Å². The predicted molar refractivity (Wildman–Crippen MR) is 83.2 cm³/mol. The van der Waals surface area contributed by atoms with Crippen LogP contribution in [0.15, 0.2) is 30.3 Å². The van der Waals surface area contributed by atoms with Crippen LogP contribution >= 0.6 is 0 Å². The molecule has 168 valence electrons. The van der Waals surface area contributed by atoms with Crippen LogP contribution in [0.3, 0.4) is 0 Å². The second-order valence-corrected chi connectivity index (χ2v) is 6.17. The van der Waals surface area contributed by atoms with Crippen molar-refractivity contribution in [2.45, 2.75) is 24.5 Å². The normalized spacial score (nSPS) is 13.8. The first-order chi connectivity index (χ1) is 13.9. The van der Waals surface area contributed by atoms with Crippen molar-refractivity contribution < 1.29 is 48.3 Å². The van der Waals surface area contributed by atoms with E-state index in [1.54, 1.807) is 0 Å². The van der Waals surface area contributed by atoms with Gasteiger partial charge in [-0.05, 0) is 30.3 Å². The number of fused-ring (bicyclic) bond motifs is 1. The average Bonchev–Trinajstić information content (AvgIpc) is 2.95. The van der Waals surface area contributed by atoms with Crippen LogP contribution in [0.5, 0.6) is 0 Å². The van der Waals surface area contributed by atoms with Crippen molar-refractivity contribution in [1.82, 2.24) is 14.8 Å². The monoisotopic (exact) mass is 464 g/mol. The van der Waals surface area contributed by atoms with Gasteiger partial charge in [-0.3, -0.25) is 0 Å². The van der Waals surface area contributed by atoms with Crippen molar-refractivity contribution >= 4 is 16.9 Å². The molecule has 0 radical (unpaired) electrons. The number of halogens is 11. The summed E-state index contributed by atoms with van der Waals surface area (Å²) in [7, 11) is 0. The molecule has 15 heteroatoms. The van der Waals surface area contributed by atoms with Gasteiger partial charge in [-0.15, -0.1) is 5.10 Å². The van der Waals surface area contributed by atoms with E-state index in [9.17, 15) is 48.3 Å². The molecule has 0 fully saturated rings. The maximum atomic E-state index is 13.6. The highest BCUT2D eigenvalue weighted by atomic mass is 19.4. The third kappa shape index (κ3) is 3.83. The Labute approximate surface area is 164 Å². The minimum Gasteiger partial charge on any atom is -0.383 e. The minimum atomic E-state index is -6.25. The second kappa shape index (κ2) is 6.68. The summed E-state index contributed by atoms with van der Waals surface area (Å²) < 4.78 is 144. The fourth-order valence-electron chi connectivity index (χ4n) is 2.63. The van der Waals surface area contributed by atoms with Gasteiger partial charge in [0, 0.05) is 0 Å². The van der Waals surface area contributed by atoms with E-state index >= 15 is 0 Å². The molecule has 3 rings (SSSR count). The molecule has 0 bridgehead atoms. The molecule has 0 amide bonds. The van der Waals surface area contributed by atoms with Crippen LogP contribution in [0.4, 0.5) is 54.1 Å². The average molecular weight is 464 g/mol. The SMILES string of the molecule is Nc1c2c(C(F)(F)F)cc(C(F)(F)C(F)(F)F)nc2nn1-c1ccc(C(F)(F)F)cc1. The number of pyridine rings is 1. The van der Waals surface area contributed by atoms with E-state index in [1.165, 1.54) is 0 Å². The number of benzene rings is 1. The fourth-order valence-corrected chi connectivity index (χ4v) is 2.63. The zero-order valence-electron chi connectivity index (χ0n) is 14.5. The van der Waals surface area contributed by atoms with E-state index < -0.39 is 64.2 Å². The Bertz CT molecular complexity index is 1120. The zero-order chi connectivity index (χ0) is 23.6. The van der Waals surface area contributed by atoms with Crippen LogP contribution in [0.1, 0.15) is 16.8 Å². The molecule has 0 unspecified atom stereocenters. The summed E-state index contributed by atoms with van der Waals surface area (Å²) in [6, 6.07) is 2.13. The molecule has 2 aromatic heterocycles. The lowest BCUT2D eigenvalue weighted by atomic mass is 10.1. The van der Waals surface area contributed by atoms with Gasteiger partial charge < -0.3 is 5.73 Å². The van der Waals surface area contributed by atoms with Crippen molar-refractivity contribution in [2.24, 2.45) is 0 Å². The lowest BCUT2D eigenvalue weighted by Crippen LogP contribution is -2.35. The van der Waals surface area contributed by atoms with Gasteiger partial charge in [0.2, 0.25) is 0 Å². The van der Waals surface area contributed by atoms with Gasteiger partial charge in [-0.2, -0.15) is 48.3 Å². The Morgan fingerprint density at radius 3 is 1.77 bits per heavy atom. The van der Waals surface area contributed by atoms with Crippen LogP contribution in [-0.2, 0) is 18.3 Å². The maximum absolute atomic E-state index is 13.6. The molecule has 0 atom stereocenters. The van der Waals surface area contributed by atoms with Gasteiger partial charge in [0.25, 0.3) is 0 Å². The fraction of sp³-hybridized carbons (Fsp3) is 0.250. The first kappa shape index (κ1) is 22.6. The lowest BCUT2D eigenvalue weighted by Gasteiger charge is -2.20. The summed E-state index contributed by atoms with van der Waals surface area (Å²) in [6.45, 7) is 0.